The van der Waals surface area contributed by atoms with Gasteiger partial charge in [-0.15, -0.1) is 11.6 Å². The lowest BCUT2D eigenvalue weighted by Gasteiger charge is -2.07. The number of nitriles is 1. The van der Waals surface area contributed by atoms with Crippen molar-refractivity contribution in [2.75, 3.05) is 0 Å². The van der Waals surface area contributed by atoms with Gasteiger partial charge in [0.2, 0.25) is 0 Å². The van der Waals surface area contributed by atoms with Crippen LogP contribution in [0.1, 0.15) is 11.4 Å². The summed E-state index contributed by atoms with van der Waals surface area (Å²) in [6.07, 6.45) is 0. The highest BCUT2D eigenvalue weighted by Crippen LogP contribution is 2.25. The summed E-state index contributed by atoms with van der Waals surface area (Å²) < 4.78 is 1.94. The van der Waals surface area contributed by atoms with E-state index in [9.17, 15) is 0 Å². The minimum Gasteiger partial charge on any atom is -0.295 e. The maximum absolute atomic E-state index is 9.17. The number of fused-ring (bicyclic) bond motifs is 1. The minimum atomic E-state index is 0.266. The SMILES string of the molecule is N#Cc1cccc2c1nc(CCl)n2-c1ccc(Cl)cc1. The first-order valence-electron chi connectivity index (χ1n) is 5.97. The van der Waals surface area contributed by atoms with E-state index in [1.807, 2.05) is 41.0 Å². The molecule has 0 fully saturated rings. The highest BCUT2D eigenvalue weighted by molar-refractivity contribution is 6.30. The Labute approximate surface area is 126 Å². The van der Waals surface area contributed by atoms with E-state index >= 15 is 0 Å². The predicted octanol–water partition coefficient (Wildman–Crippen LogP) is 4.29. The van der Waals surface area contributed by atoms with Crippen molar-refractivity contribution in [3.63, 3.8) is 0 Å². The van der Waals surface area contributed by atoms with Crippen molar-refractivity contribution in [1.29, 1.82) is 5.26 Å². The molecule has 0 aliphatic rings. The summed E-state index contributed by atoms with van der Waals surface area (Å²) in [4.78, 5) is 4.48. The summed E-state index contributed by atoms with van der Waals surface area (Å²) in [5.74, 6) is 0.967. The van der Waals surface area contributed by atoms with Gasteiger partial charge in [-0.05, 0) is 36.4 Å². The van der Waals surface area contributed by atoms with Gasteiger partial charge in [0, 0.05) is 10.7 Å². The molecular weight excluding hydrogens is 293 g/mol. The second kappa shape index (κ2) is 5.16. The maximum atomic E-state index is 9.17. The van der Waals surface area contributed by atoms with Crippen molar-refractivity contribution in [2.45, 2.75) is 5.88 Å². The molecule has 0 bridgehead atoms. The number of rotatable bonds is 2. The molecule has 1 aromatic heterocycles. The smallest absolute Gasteiger partial charge is 0.129 e. The lowest BCUT2D eigenvalue weighted by Crippen LogP contribution is -1.98. The van der Waals surface area contributed by atoms with Crippen molar-refractivity contribution in [2.24, 2.45) is 0 Å². The number of aromatic nitrogens is 2. The van der Waals surface area contributed by atoms with Gasteiger partial charge in [-0.2, -0.15) is 5.26 Å². The molecule has 0 saturated heterocycles. The van der Waals surface area contributed by atoms with Crippen molar-refractivity contribution >= 4 is 34.2 Å². The van der Waals surface area contributed by atoms with Gasteiger partial charge >= 0.3 is 0 Å². The molecule has 1 heterocycles. The number of alkyl halides is 1. The van der Waals surface area contributed by atoms with Crippen molar-refractivity contribution in [3.05, 3.63) is 58.9 Å². The zero-order valence-corrected chi connectivity index (χ0v) is 11.9. The molecule has 5 heteroatoms. The Hall–Kier alpha value is -2.02. The van der Waals surface area contributed by atoms with Crippen LogP contribution in [0.2, 0.25) is 5.02 Å². The van der Waals surface area contributed by atoms with Gasteiger partial charge in [0.15, 0.2) is 0 Å². The van der Waals surface area contributed by atoms with Crippen molar-refractivity contribution < 1.29 is 0 Å². The Kier molecular flexibility index (Phi) is 3.35. The van der Waals surface area contributed by atoms with Crippen molar-refractivity contribution in [1.82, 2.24) is 9.55 Å². The molecule has 2 aromatic carbocycles. The van der Waals surface area contributed by atoms with E-state index in [2.05, 4.69) is 11.1 Å². The van der Waals surface area contributed by atoms with Gasteiger partial charge in [0.1, 0.15) is 17.4 Å². The first kappa shape index (κ1) is 13.0. The van der Waals surface area contributed by atoms with E-state index in [0.29, 0.717) is 21.9 Å². The molecule has 0 spiro atoms. The second-order valence-electron chi connectivity index (χ2n) is 4.26. The summed E-state index contributed by atoms with van der Waals surface area (Å²) in [5.41, 5.74) is 2.99. The van der Waals surface area contributed by atoms with Crippen LogP contribution in [-0.4, -0.2) is 9.55 Å². The van der Waals surface area contributed by atoms with Crippen LogP contribution in [0.5, 0.6) is 0 Å². The van der Waals surface area contributed by atoms with Gasteiger partial charge in [-0.1, -0.05) is 17.7 Å². The molecule has 0 aliphatic carbocycles. The molecule has 3 rings (SSSR count). The van der Waals surface area contributed by atoms with Crippen LogP contribution in [0.15, 0.2) is 42.5 Å². The van der Waals surface area contributed by atoms with E-state index in [-0.39, 0.29) is 5.88 Å². The summed E-state index contributed by atoms with van der Waals surface area (Å²) in [5, 5.41) is 9.84. The number of imidazole rings is 1. The summed E-state index contributed by atoms with van der Waals surface area (Å²) in [6, 6.07) is 15.1. The monoisotopic (exact) mass is 301 g/mol. The number of hydrogen-bond acceptors (Lipinski definition) is 2. The molecule has 3 aromatic rings. The van der Waals surface area contributed by atoms with Gasteiger partial charge in [0.05, 0.1) is 17.0 Å². The third kappa shape index (κ3) is 2.03. The molecular formula is C15H9Cl2N3. The number of benzene rings is 2. The molecule has 3 nitrogen and oxygen atoms in total. The summed E-state index contributed by atoms with van der Waals surface area (Å²) in [7, 11) is 0. The fourth-order valence-electron chi connectivity index (χ4n) is 2.21. The zero-order chi connectivity index (χ0) is 14.1. The van der Waals surface area contributed by atoms with E-state index in [0.717, 1.165) is 11.2 Å². The third-order valence-electron chi connectivity index (χ3n) is 3.08. The molecule has 0 atom stereocenters. The highest BCUT2D eigenvalue weighted by Gasteiger charge is 2.14. The topological polar surface area (TPSA) is 41.6 Å². The van der Waals surface area contributed by atoms with E-state index in [1.165, 1.54) is 0 Å². The van der Waals surface area contributed by atoms with Crippen LogP contribution < -0.4 is 0 Å². The van der Waals surface area contributed by atoms with Crippen molar-refractivity contribution in [3.8, 4) is 11.8 Å². The average molecular weight is 302 g/mol. The van der Waals surface area contributed by atoms with Crippen LogP contribution in [-0.2, 0) is 5.88 Å². The Morgan fingerprint density at radius 1 is 1.15 bits per heavy atom. The molecule has 0 unspecified atom stereocenters. The van der Waals surface area contributed by atoms with E-state index in [4.69, 9.17) is 28.5 Å². The quantitative estimate of drug-likeness (QED) is 0.663. The molecule has 0 amide bonds. The molecule has 0 radical (unpaired) electrons. The third-order valence-corrected chi connectivity index (χ3v) is 3.57. The first-order chi connectivity index (χ1) is 9.74. The first-order valence-corrected chi connectivity index (χ1v) is 6.88. The lowest BCUT2D eigenvalue weighted by atomic mass is 10.2. The fraction of sp³-hybridized carbons (Fsp3) is 0.0667. The van der Waals surface area contributed by atoms with Crippen LogP contribution in [0.4, 0.5) is 0 Å². The predicted molar refractivity (Wildman–Crippen MR) is 80.4 cm³/mol. The van der Waals surface area contributed by atoms with E-state index < -0.39 is 0 Å². The lowest BCUT2D eigenvalue weighted by molar-refractivity contribution is 0.982. The number of nitrogens with zero attached hydrogens (tertiary/aromatic N) is 3. The molecule has 20 heavy (non-hydrogen) atoms. The number of para-hydroxylation sites is 1. The minimum absolute atomic E-state index is 0.266. The van der Waals surface area contributed by atoms with Gasteiger partial charge in [-0.3, -0.25) is 4.57 Å². The Balaban J connectivity index is 2.34. The zero-order valence-electron chi connectivity index (χ0n) is 10.3. The Bertz CT molecular complexity index is 813. The van der Waals surface area contributed by atoms with E-state index in [1.54, 1.807) is 6.07 Å². The normalized spacial score (nSPS) is 10.7. The van der Waals surface area contributed by atoms with Crippen LogP contribution >= 0.6 is 23.2 Å². The van der Waals surface area contributed by atoms with Crippen LogP contribution in [0.25, 0.3) is 16.7 Å². The highest BCUT2D eigenvalue weighted by atomic mass is 35.5. The number of halogens is 2. The van der Waals surface area contributed by atoms with Gasteiger partial charge in [0.25, 0.3) is 0 Å². The van der Waals surface area contributed by atoms with Gasteiger partial charge in [-0.25, -0.2) is 4.98 Å². The number of hydrogen-bond donors (Lipinski definition) is 0. The average Bonchev–Trinajstić information content (AvgIpc) is 2.86. The Morgan fingerprint density at radius 2 is 1.90 bits per heavy atom. The van der Waals surface area contributed by atoms with Gasteiger partial charge < -0.3 is 0 Å². The summed E-state index contributed by atoms with van der Waals surface area (Å²) >= 11 is 11.9. The fourth-order valence-corrected chi connectivity index (χ4v) is 2.51. The van der Waals surface area contributed by atoms with Crippen LogP contribution in [0.3, 0.4) is 0 Å². The largest absolute Gasteiger partial charge is 0.295 e. The molecule has 98 valence electrons. The Morgan fingerprint density at radius 3 is 2.55 bits per heavy atom. The molecule has 0 N–H and O–H groups in total. The standard InChI is InChI=1S/C15H9Cl2N3/c16-8-14-19-15-10(9-18)2-1-3-13(15)20(14)12-6-4-11(17)5-7-12/h1-7H,8H2. The molecule has 0 saturated carbocycles. The second-order valence-corrected chi connectivity index (χ2v) is 4.96. The summed E-state index contributed by atoms with van der Waals surface area (Å²) in [6.45, 7) is 0. The van der Waals surface area contributed by atoms with Crippen LogP contribution in [0, 0.1) is 11.3 Å². The molecule has 0 aliphatic heterocycles. The maximum Gasteiger partial charge on any atom is 0.129 e.